The van der Waals surface area contributed by atoms with Gasteiger partial charge in [0.05, 0.1) is 19.8 Å². The van der Waals surface area contributed by atoms with E-state index in [-0.39, 0.29) is 18.4 Å². The highest BCUT2D eigenvalue weighted by molar-refractivity contribution is 5.99. The first-order valence-electron chi connectivity index (χ1n) is 9.26. The normalized spacial score (nSPS) is 10.0. The summed E-state index contributed by atoms with van der Waals surface area (Å²) in [5, 5.41) is 5.25. The average Bonchev–Trinajstić information content (AvgIpc) is 2.73. The largest absolute Gasteiger partial charge is 0.494 e. The lowest BCUT2D eigenvalue weighted by Gasteiger charge is -2.17. The second-order valence-electron chi connectivity index (χ2n) is 5.99. The van der Waals surface area contributed by atoms with Gasteiger partial charge in [-0.3, -0.25) is 14.5 Å². The number of carbonyl (C=O) groups excluding carboxylic acids is 3. The van der Waals surface area contributed by atoms with E-state index in [4.69, 9.17) is 9.47 Å². The van der Waals surface area contributed by atoms with Gasteiger partial charge in [0.25, 0.3) is 5.91 Å². The summed E-state index contributed by atoms with van der Waals surface area (Å²) in [6, 6.07) is 13.4. The molecule has 2 aromatic carbocycles. The predicted molar refractivity (Wildman–Crippen MR) is 110 cm³/mol. The van der Waals surface area contributed by atoms with Crippen LogP contribution in [-0.4, -0.2) is 44.7 Å². The number of hydrogen-bond donors (Lipinski definition) is 2. The fourth-order valence-electron chi connectivity index (χ4n) is 2.43. The third-order valence-electron chi connectivity index (χ3n) is 3.92. The number of carbonyl (C=O) groups is 3. The lowest BCUT2D eigenvalue weighted by atomic mass is 10.2. The Kier molecular flexibility index (Phi) is 8.02. The third kappa shape index (κ3) is 6.53. The molecule has 0 unspecified atom stereocenters. The standard InChI is InChI=1S/C21H25N3O5/c1-4-28-18-12-6-15(7-13-18)20(26)22-14-19(25)23-16-8-10-17(11-9-16)24(3)21(27)29-5-2/h6-13H,4-5,14H2,1-3H3,(H,22,26)(H,23,25). The highest BCUT2D eigenvalue weighted by Crippen LogP contribution is 2.17. The Bertz CT molecular complexity index is 834. The minimum Gasteiger partial charge on any atom is -0.494 e. The van der Waals surface area contributed by atoms with Crippen LogP contribution in [0, 0.1) is 0 Å². The molecule has 2 rings (SSSR count). The Morgan fingerprint density at radius 2 is 1.59 bits per heavy atom. The summed E-state index contributed by atoms with van der Waals surface area (Å²) in [5.74, 6) is -0.0377. The number of nitrogens with zero attached hydrogens (tertiary/aromatic N) is 1. The van der Waals surface area contributed by atoms with Crippen LogP contribution in [0.2, 0.25) is 0 Å². The van der Waals surface area contributed by atoms with E-state index in [1.807, 2.05) is 6.92 Å². The molecule has 0 fully saturated rings. The molecule has 0 aliphatic heterocycles. The fourth-order valence-corrected chi connectivity index (χ4v) is 2.43. The molecule has 2 N–H and O–H groups in total. The van der Waals surface area contributed by atoms with Gasteiger partial charge in [-0.15, -0.1) is 0 Å². The molecule has 0 aliphatic rings. The number of hydrogen-bond acceptors (Lipinski definition) is 5. The topological polar surface area (TPSA) is 97.0 Å². The minimum absolute atomic E-state index is 0.170. The van der Waals surface area contributed by atoms with E-state index in [0.29, 0.717) is 35.9 Å². The Hall–Kier alpha value is -3.55. The molecule has 3 amide bonds. The van der Waals surface area contributed by atoms with Crippen molar-refractivity contribution in [1.82, 2.24) is 5.32 Å². The van der Waals surface area contributed by atoms with E-state index in [9.17, 15) is 14.4 Å². The summed E-state index contributed by atoms with van der Waals surface area (Å²) < 4.78 is 10.3. The molecule has 0 aliphatic carbocycles. The number of anilines is 2. The first-order valence-corrected chi connectivity index (χ1v) is 9.26. The van der Waals surface area contributed by atoms with Crippen LogP contribution in [-0.2, 0) is 9.53 Å². The van der Waals surface area contributed by atoms with Crippen LogP contribution >= 0.6 is 0 Å². The van der Waals surface area contributed by atoms with Crippen molar-refractivity contribution in [3.05, 3.63) is 54.1 Å². The summed E-state index contributed by atoms with van der Waals surface area (Å²) in [6.45, 7) is 4.28. The predicted octanol–water partition coefficient (Wildman–Crippen LogP) is 3.05. The van der Waals surface area contributed by atoms with Crippen LogP contribution in [0.15, 0.2) is 48.5 Å². The zero-order valence-corrected chi connectivity index (χ0v) is 16.7. The van der Waals surface area contributed by atoms with Gasteiger partial charge in [-0.25, -0.2) is 4.79 Å². The van der Waals surface area contributed by atoms with Crippen molar-refractivity contribution in [1.29, 1.82) is 0 Å². The molecule has 0 spiro atoms. The zero-order chi connectivity index (χ0) is 21.2. The van der Waals surface area contributed by atoms with Gasteiger partial charge in [0.1, 0.15) is 5.75 Å². The van der Waals surface area contributed by atoms with Crippen molar-refractivity contribution in [3.63, 3.8) is 0 Å². The number of benzene rings is 2. The van der Waals surface area contributed by atoms with Crippen LogP contribution < -0.4 is 20.3 Å². The molecule has 154 valence electrons. The molecule has 0 atom stereocenters. The molecule has 0 heterocycles. The van der Waals surface area contributed by atoms with Gasteiger partial charge in [0, 0.05) is 24.0 Å². The number of nitrogens with one attached hydrogen (secondary N) is 2. The maximum atomic E-state index is 12.1. The van der Waals surface area contributed by atoms with E-state index in [1.54, 1.807) is 62.5 Å². The highest BCUT2D eigenvalue weighted by atomic mass is 16.6. The quantitative estimate of drug-likeness (QED) is 0.711. The number of amides is 3. The number of ether oxygens (including phenoxy) is 2. The minimum atomic E-state index is -0.457. The van der Waals surface area contributed by atoms with Crippen LogP contribution in [0.1, 0.15) is 24.2 Å². The monoisotopic (exact) mass is 399 g/mol. The first kappa shape index (κ1) is 21.7. The van der Waals surface area contributed by atoms with Gasteiger partial charge in [-0.1, -0.05) is 0 Å². The molecule has 0 saturated carbocycles. The maximum Gasteiger partial charge on any atom is 0.413 e. The van der Waals surface area contributed by atoms with Gasteiger partial charge >= 0.3 is 6.09 Å². The molecular weight excluding hydrogens is 374 g/mol. The van der Waals surface area contributed by atoms with Crippen molar-refractivity contribution in [3.8, 4) is 5.75 Å². The second kappa shape index (κ2) is 10.7. The number of rotatable bonds is 8. The Balaban J connectivity index is 1.84. The second-order valence-corrected chi connectivity index (χ2v) is 5.99. The lowest BCUT2D eigenvalue weighted by molar-refractivity contribution is -0.115. The SMILES string of the molecule is CCOC(=O)N(C)c1ccc(NC(=O)CNC(=O)c2ccc(OCC)cc2)cc1. The van der Waals surface area contributed by atoms with Gasteiger partial charge in [-0.2, -0.15) is 0 Å². The third-order valence-corrected chi connectivity index (χ3v) is 3.92. The molecule has 0 bridgehead atoms. The van der Waals surface area contributed by atoms with E-state index in [1.165, 1.54) is 4.90 Å². The lowest BCUT2D eigenvalue weighted by Crippen LogP contribution is -2.32. The maximum absolute atomic E-state index is 12.1. The average molecular weight is 399 g/mol. The molecule has 8 heteroatoms. The van der Waals surface area contributed by atoms with Crippen LogP contribution in [0.25, 0.3) is 0 Å². The first-order chi connectivity index (χ1) is 13.9. The van der Waals surface area contributed by atoms with Gasteiger partial charge in [-0.05, 0) is 62.4 Å². The van der Waals surface area contributed by atoms with Gasteiger partial charge in [0.2, 0.25) is 5.91 Å². The summed E-state index contributed by atoms with van der Waals surface area (Å²) in [4.78, 5) is 37.3. The van der Waals surface area contributed by atoms with E-state index in [0.717, 1.165) is 0 Å². The van der Waals surface area contributed by atoms with Crippen molar-refractivity contribution in [2.75, 3.05) is 37.0 Å². The van der Waals surface area contributed by atoms with Gasteiger partial charge in [0.15, 0.2) is 0 Å². The Morgan fingerprint density at radius 1 is 0.931 bits per heavy atom. The molecule has 0 radical (unpaired) electrons. The Morgan fingerprint density at radius 3 is 2.17 bits per heavy atom. The fraction of sp³-hybridized carbons (Fsp3) is 0.286. The van der Waals surface area contributed by atoms with Gasteiger partial charge < -0.3 is 20.1 Å². The summed E-state index contributed by atoms with van der Waals surface area (Å²) >= 11 is 0. The van der Waals surface area contributed by atoms with Crippen LogP contribution in [0.4, 0.5) is 16.2 Å². The van der Waals surface area contributed by atoms with Crippen LogP contribution in [0.3, 0.4) is 0 Å². The molecule has 8 nitrogen and oxygen atoms in total. The molecule has 29 heavy (non-hydrogen) atoms. The molecular formula is C21H25N3O5. The van der Waals surface area contributed by atoms with E-state index in [2.05, 4.69) is 10.6 Å². The summed E-state index contributed by atoms with van der Waals surface area (Å²) in [5.41, 5.74) is 1.61. The zero-order valence-electron chi connectivity index (χ0n) is 16.7. The smallest absolute Gasteiger partial charge is 0.413 e. The van der Waals surface area contributed by atoms with Crippen LogP contribution in [0.5, 0.6) is 5.75 Å². The van der Waals surface area contributed by atoms with E-state index >= 15 is 0 Å². The summed E-state index contributed by atoms with van der Waals surface area (Å²) in [7, 11) is 1.60. The van der Waals surface area contributed by atoms with Crippen molar-refractivity contribution < 1.29 is 23.9 Å². The molecule has 0 aromatic heterocycles. The van der Waals surface area contributed by atoms with E-state index < -0.39 is 6.09 Å². The highest BCUT2D eigenvalue weighted by Gasteiger charge is 2.12. The Labute approximate surface area is 169 Å². The molecule has 0 saturated heterocycles. The van der Waals surface area contributed by atoms with Crippen molar-refractivity contribution >= 4 is 29.3 Å². The van der Waals surface area contributed by atoms with Crippen molar-refractivity contribution in [2.24, 2.45) is 0 Å². The summed E-state index contributed by atoms with van der Waals surface area (Å²) in [6.07, 6.45) is -0.457. The molecule has 2 aromatic rings. The van der Waals surface area contributed by atoms with Crippen molar-refractivity contribution in [2.45, 2.75) is 13.8 Å².